The number of amides is 1. The summed E-state index contributed by atoms with van der Waals surface area (Å²) in [6.45, 7) is 2.04. The minimum absolute atomic E-state index is 0.0852. The first kappa shape index (κ1) is 17.3. The van der Waals surface area contributed by atoms with Crippen LogP contribution in [0.1, 0.15) is 30.2 Å². The summed E-state index contributed by atoms with van der Waals surface area (Å²) < 4.78 is 34.3. The summed E-state index contributed by atoms with van der Waals surface area (Å²) in [5.41, 5.74) is 0.733. The van der Waals surface area contributed by atoms with Crippen molar-refractivity contribution in [1.82, 2.24) is 19.2 Å². The number of rotatable bonds is 5. The minimum Gasteiger partial charge on any atom is -0.449 e. The summed E-state index contributed by atoms with van der Waals surface area (Å²) in [7, 11) is -1.93. The third-order valence-electron chi connectivity index (χ3n) is 4.96. The van der Waals surface area contributed by atoms with Crippen LogP contribution in [-0.2, 0) is 21.9 Å². The molecule has 2 aromatic heterocycles. The lowest BCUT2D eigenvalue weighted by molar-refractivity contribution is -0.125. The van der Waals surface area contributed by atoms with E-state index < -0.39 is 15.9 Å². The number of hydrogen-bond donors (Lipinski definition) is 1. The molecule has 0 aromatic carbocycles. The van der Waals surface area contributed by atoms with E-state index in [2.05, 4.69) is 10.3 Å². The van der Waals surface area contributed by atoms with E-state index in [4.69, 9.17) is 4.42 Å². The summed E-state index contributed by atoms with van der Waals surface area (Å²) in [4.78, 5) is 17.1. The topological polar surface area (TPSA) is 97.4 Å². The molecule has 9 heteroatoms. The first-order valence-electron chi connectivity index (χ1n) is 8.69. The number of nitrogens with zero attached hydrogens (tertiary/aromatic N) is 3. The van der Waals surface area contributed by atoms with Gasteiger partial charge in [-0.15, -0.1) is 0 Å². The number of nitrogens with one attached hydrogen (secondary N) is 1. The molecule has 1 saturated carbocycles. The molecule has 2 atom stereocenters. The van der Waals surface area contributed by atoms with Crippen molar-refractivity contribution in [3.8, 4) is 0 Å². The van der Waals surface area contributed by atoms with Gasteiger partial charge in [-0.05, 0) is 31.9 Å². The van der Waals surface area contributed by atoms with E-state index in [1.807, 2.05) is 13.2 Å². The first-order chi connectivity index (χ1) is 12.3. The molecule has 1 saturated heterocycles. The van der Waals surface area contributed by atoms with Crippen LogP contribution in [-0.4, -0.2) is 47.3 Å². The van der Waals surface area contributed by atoms with Gasteiger partial charge in [0.2, 0.25) is 11.0 Å². The zero-order valence-electron chi connectivity index (χ0n) is 14.8. The highest BCUT2D eigenvalue weighted by Gasteiger charge is 2.46. The van der Waals surface area contributed by atoms with Gasteiger partial charge in [0.05, 0.1) is 17.9 Å². The summed E-state index contributed by atoms with van der Waals surface area (Å²) in [5.74, 6) is -0.305. The van der Waals surface area contributed by atoms with E-state index in [1.165, 1.54) is 10.4 Å². The van der Waals surface area contributed by atoms with Crippen molar-refractivity contribution in [2.75, 3.05) is 13.1 Å². The molecule has 0 unspecified atom stereocenters. The number of furan rings is 1. The molecule has 0 radical (unpaired) electrons. The van der Waals surface area contributed by atoms with Crippen LogP contribution >= 0.6 is 0 Å². The largest absolute Gasteiger partial charge is 0.449 e. The van der Waals surface area contributed by atoms with E-state index in [-0.39, 0.29) is 36.0 Å². The lowest BCUT2D eigenvalue weighted by Crippen LogP contribution is -2.36. The highest BCUT2D eigenvalue weighted by atomic mass is 32.2. The third kappa shape index (κ3) is 3.16. The Bertz CT molecular complexity index is 928. The molecular formula is C17H22N4O4S. The van der Waals surface area contributed by atoms with Gasteiger partial charge in [-0.2, -0.15) is 4.31 Å². The Morgan fingerprint density at radius 1 is 1.31 bits per heavy atom. The average Bonchev–Trinajstić information content (AvgIpc) is 3.01. The fourth-order valence-electron chi connectivity index (χ4n) is 3.37. The Labute approximate surface area is 152 Å². The maximum Gasteiger partial charge on any atom is 0.276 e. The van der Waals surface area contributed by atoms with Crippen LogP contribution in [0, 0.1) is 12.8 Å². The fraction of sp³-hybridized carbons (Fsp3) is 0.529. The van der Waals surface area contributed by atoms with Crippen molar-refractivity contribution in [2.24, 2.45) is 13.0 Å². The van der Waals surface area contributed by atoms with Crippen molar-refractivity contribution in [1.29, 1.82) is 0 Å². The molecule has 1 aliphatic heterocycles. The zero-order chi connectivity index (χ0) is 18.5. The SMILES string of the molecule is Cc1ccc(S(=O)(=O)N2C[C@@H](C(=O)NC3CC3)[C@H](c3cn(C)cn3)C2)o1. The Balaban J connectivity index is 1.62. The molecule has 2 fully saturated rings. The van der Waals surface area contributed by atoms with Crippen LogP contribution in [0.15, 0.2) is 34.2 Å². The molecular weight excluding hydrogens is 356 g/mol. The number of aromatic nitrogens is 2. The molecule has 0 spiro atoms. The van der Waals surface area contributed by atoms with Crippen molar-refractivity contribution >= 4 is 15.9 Å². The normalized spacial score (nSPS) is 24.1. The monoisotopic (exact) mass is 378 g/mol. The van der Waals surface area contributed by atoms with Gasteiger partial charge in [-0.1, -0.05) is 0 Å². The van der Waals surface area contributed by atoms with Crippen molar-refractivity contribution in [3.63, 3.8) is 0 Å². The van der Waals surface area contributed by atoms with Gasteiger partial charge in [0.25, 0.3) is 10.0 Å². The number of sulfonamides is 1. The number of aryl methyl sites for hydroxylation is 2. The van der Waals surface area contributed by atoms with Gasteiger partial charge in [0, 0.05) is 38.3 Å². The first-order valence-corrected chi connectivity index (χ1v) is 10.1. The highest BCUT2D eigenvalue weighted by molar-refractivity contribution is 7.89. The Morgan fingerprint density at radius 2 is 2.08 bits per heavy atom. The second kappa shape index (κ2) is 6.24. The van der Waals surface area contributed by atoms with E-state index in [1.54, 1.807) is 23.9 Å². The Hall–Kier alpha value is -2.13. The van der Waals surface area contributed by atoms with Crippen molar-refractivity contribution < 1.29 is 17.6 Å². The van der Waals surface area contributed by atoms with Crippen LogP contribution < -0.4 is 5.32 Å². The number of hydrogen-bond acceptors (Lipinski definition) is 5. The predicted octanol–water partition coefficient (Wildman–Crippen LogP) is 1.00. The molecule has 1 aliphatic carbocycles. The Morgan fingerprint density at radius 3 is 2.65 bits per heavy atom. The molecule has 2 aromatic rings. The molecule has 140 valence electrons. The smallest absolute Gasteiger partial charge is 0.276 e. The summed E-state index contributed by atoms with van der Waals surface area (Å²) in [6, 6.07) is 3.30. The second-order valence-corrected chi connectivity index (χ2v) is 9.02. The summed E-state index contributed by atoms with van der Waals surface area (Å²) in [5, 5.41) is 2.91. The van der Waals surface area contributed by atoms with Gasteiger partial charge in [-0.3, -0.25) is 4.79 Å². The third-order valence-corrected chi connectivity index (χ3v) is 6.67. The minimum atomic E-state index is -3.78. The van der Waals surface area contributed by atoms with E-state index >= 15 is 0 Å². The van der Waals surface area contributed by atoms with E-state index in [0.29, 0.717) is 5.76 Å². The fourth-order valence-corrected chi connectivity index (χ4v) is 4.81. The van der Waals surface area contributed by atoms with Crippen molar-refractivity contribution in [3.05, 3.63) is 36.1 Å². The second-order valence-electron chi connectivity index (χ2n) is 7.15. The summed E-state index contributed by atoms with van der Waals surface area (Å²) >= 11 is 0. The zero-order valence-corrected chi connectivity index (χ0v) is 15.6. The lowest BCUT2D eigenvalue weighted by atomic mass is 9.92. The number of carbonyl (C=O) groups is 1. The molecule has 3 heterocycles. The van der Waals surface area contributed by atoms with E-state index in [0.717, 1.165) is 18.5 Å². The molecule has 2 aliphatic rings. The van der Waals surface area contributed by atoms with Crippen molar-refractivity contribution in [2.45, 2.75) is 36.8 Å². The highest BCUT2D eigenvalue weighted by Crippen LogP contribution is 2.36. The van der Waals surface area contributed by atoms with Gasteiger partial charge < -0.3 is 14.3 Å². The van der Waals surface area contributed by atoms with Crippen LogP contribution in [0.25, 0.3) is 0 Å². The predicted molar refractivity (Wildman–Crippen MR) is 92.8 cm³/mol. The van der Waals surface area contributed by atoms with Gasteiger partial charge in [0.1, 0.15) is 5.76 Å². The number of carbonyl (C=O) groups excluding carboxylic acids is 1. The van der Waals surface area contributed by atoms with Crippen LogP contribution in [0.3, 0.4) is 0 Å². The quantitative estimate of drug-likeness (QED) is 0.837. The molecule has 4 rings (SSSR count). The molecule has 1 N–H and O–H groups in total. The average molecular weight is 378 g/mol. The molecule has 0 bridgehead atoms. The lowest BCUT2D eigenvalue weighted by Gasteiger charge is -2.16. The van der Waals surface area contributed by atoms with Gasteiger partial charge in [0.15, 0.2) is 0 Å². The number of imidazole rings is 1. The standard InChI is InChI=1S/C17H22N4O4S/c1-11-3-6-16(25-11)26(23,24)21-7-13(15-9-20(2)10-18-15)14(8-21)17(22)19-12-4-5-12/h3,6,9-10,12-14H,4-5,7-8H2,1-2H3,(H,19,22)/t13-,14-/m1/s1. The van der Waals surface area contributed by atoms with Gasteiger partial charge >= 0.3 is 0 Å². The maximum absolute atomic E-state index is 12.9. The molecule has 26 heavy (non-hydrogen) atoms. The van der Waals surface area contributed by atoms with Crippen LogP contribution in [0.2, 0.25) is 0 Å². The van der Waals surface area contributed by atoms with Gasteiger partial charge in [-0.25, -0.2) is 13.4 Å². The van der Waals surface area contributed by atoms with E-state index in [9.17, 15) is 13.2 Å². The van der Waals surface area contributed by atoms with Crippen LogP contribution in [0.5, 0.6) is 0 Å². The Kier molecular flexibility index (Phi) is 4.15. The van der Waals surface area contributed by atoms with Crippen LogP contribution in [0.4, 0.5) is 0 Å². The molecule has 8 nitrogen and oxygen atoms in total. The summed E-state index contributed by atoms with van der Waals surface area (Å²) in [6.07, 6.45) is 5.48. The molecule has 1 amide bonds. The maximum atomic E-state index is 12.9.